The van der Waals surface area contributed by atoms with Crippen LogP contribution in [-0.2, 0) is 19.1 Å². The molecular weight excluding hydrogens is 296 g/mol. The minimum Gasteiger partial charge on any atom is -0.457 e. The molecular formula is C18H26O5. The lowest BCUT2D eigenvalue weighted by Gasteiger charge is -2.46. The quantitative estimate of drug-likeness (QED) is 0.636. The summed E-state index contributed by atoms with van der Waals surface area (Å²) in [6.07, 6.45) is 3.45. The SMILES string of the molecule is CC(C)=C(C)CC(=O)O[C@@H]1C=C[C@@]2(CO)OC(=O)C[C@H]2C1(C)C. The van der Waals surface area contributed by atoms with Gasteiger partial charge in [0.1, 0.15) is 6.10 Å². The fraction of sp³-hybridized carbons (Fsp3) is 0.667. The third kappa shape index (κ3) is 3.20. The van der Waals surface area contributed by atoms with Crippen molar-refractivity contribution >= 4 is 11.9 Å². The highest BCUT2D eigenvalue weighted by atomic mass is 16.6. The molecule has 2 rings (SSSR count). The Kier molecular flexibility index (Phi) is 4.71. The Labute approximate surface area is 137 Å². The predicted octanol–water partition coefficient (Wildman–Crippen LogP) is 2.53. The van der Waals surface area contributed by atoms with Gasteiger partial charge in [0.05, 0.1) is 19.4 Å². The highest BCUT2D eigenvalue weighted by Crippen LogP contribution is 2.51. The Bertz CT molecular complexity index is 568. The average molecular weight is 322 g/mol. The largest absolute Gasteiger partial charge is 0.457 e. The van der Waals surface area contributed by atoms with Crippen molar-refractivity contribution in [1.29, 1.82) is 0 Å². The van der Waals surface area contributed by atoms with Crippen molar-refractivity contribution in [1.82, 2.24) is 0 Å². The third-order valence-electron chi connectivity index (χ3n) is 5.22. The number of rotatable bonds is 4. The molecule has 1 saturated heterocycles. The van der Waals surface area contributed by atoms with Crippen molar-refractivity contribution in [2.45, 2.75) is 59.2 Å². The fourth-order valence-corrected chi connectivity index (χ4v) is 3.37. The van der Waals surface area contributed by atoms with Crippen molar-refractivity contribution < 1.29 is 24.2 Å². The van der Waals surface area contributed by atoms with E-state index in [0.29, 0.717) is 0 Å². The molecule has 0 bridgehead atoms. The highest BCUT2D eigenvalue weighted by molar-refractivity contribution is 5.75. The monoisotopic (exact) mass is 322 g/mol. The second-order valence-corrected chi connectivity index (χ2v) is 7.39. The van der Waals surface area contributed by atoms with Crippen LogP contribution in [0.2, 0.25) is 0 Å². The molecule has 0 aromatic heterocycles. The molecule has 0 spiro atoms. The van der Waals surface area contributed by atoms with E-state index in [-0.39, 0.29) is 37.3 Å². The molecule has 0 unspecified atom stereocenters. The summed E-state index contributed by atoms with van der Waals surface area (Å²) in [5.74, 6) is -0.831. The molecule has 0 saturated carbocycles. The van der Waals surface area contributed by atoms with Crippen LogP contribution in [0, 0.1) is 11.3 Å². The van der Waals surface area contributed by atoms with Crippen molar-refractivity contribution in [3.63, 3.8) is 0 Å². The van der Waals surface area contributed by atoms with Crippen LogP contribution in [0.1, 0.15) is 47.5 Å². The summed E-state index contributed by atoms with van der Waals surface area (Å²) >= 11 is 0. The Hall–Kier alpha value is -1.62. The maximum Gasteiger partial charge on any atom is 0.310 e. The van der Waals surface area contributed by atoms with E-state index in [1.54, 1.807) is 12.2 Å². The van der Waals surface area contributed by atoms with E-state index in [9.17, 15) is 14.7 Å². The number of aliphatic hydroxyl groups is 1. The van der Waals surface area contributed by atoms with Crippen molar-refractivity contribution in [3.8, 4) is 0 Å². The van der Waals surface area contributed by atoms with E-state index < -0.39 is 17.1 Å². The second kappa shape index (κ2) is 6.11. The second-order valence-electron chi connectivity index (χ2n) is 7.39. The number of aliphatic hydroxyl groups excluding tert-OH is 1. The molecule has 1 fully saturated rings. The average Bonchev–Trinajstić information content (AvgIpc) is 2.81. The Morgan fingerprint density at radius 1 is 1.39 bits per heavy atom. The number of carbonyl (C=O) groups is 2. The van der Waals surface area contributed by atoms with Gasteiger partial charge in [0, 0.05) is 11.3 Å². The first-order valence-corrected chi connectivity index (χ1v) is 7.97. The summed E-state index contributed by atoms with van der Waals surface area (Å²) in [6.45, 7) is 9.46. The summed E-state index contributed by atoms with van der Waals surface area (Å²) < 4.78 is 11.0. The van der Waals surface area contributed by atoms with Crippen LogP contribution in [0.3, 0.4) is 0 Å². The van der Waals surface area contributed by atoms with Crippen LogP contribution in [0.25, 0.3) is 0 Å². The lowest BCUT2D eigenvalue weighted by Crippen LogP contribution is -2.52. The van der Waals surface area contributed by atoms with Crippen LogP contribution in [0.5, 0.6) is 0 Å². The Balaban J connectivity index is 2.19. The van der Waals surface area contributed by atoms with E-state index in [1.807, 2.05) is 34.6 Å². The fourth-order valence-electron chi connectivity index (χ4n) is 3.37. The molecule has 0 radical (unpaired) electrons. The summed E-state index contributed by atoms with van der Waals surface area (Å²) in [6, 6.07) is 0. The van der Waals surface area contributed by atoms with E-state index in [1.165, 1.54) is 0 Å². The molecule has 2 aliphatic rings. The first-order chi connectivity index (χ1) is 10.6. The van der Waals surface area contributed by atoms with Gasteiger partial charge in [-0.2, -0.15) is 0 Å². The number of hydrogen-bond donors (Lipinski definition) is 1. The third-order valence-corrected chi connectivity index (χ3v) is 5.22. The first-order valence-electron chi connectivity index (χ1n) is 7.97. The number of allylic oxidation sites excluding steroid dienone is 1. The van der Waals surface area contributed by atoms with Crippen LogP contribution >= 0.6 is 0 Å². The van der Waals surface area contributed by atoms with Gasteiger partial charge >= 0.3 is 11.9 Å². The number of fused-ring (bicyclic) bond motifs is 1. The molecule has 0 aromatic carbocycles. The van der Waals surface area contributed by atoms with E-state index in [2.05, 4.69) is 0 Å². The van der Waals surface area contributed by atoms with Gasteiger partial charge in [0.25, 0.3) is 0 Å². The molecule has 5 heteroatoms. The van der Waals surface area contributed by atoms with Gasteiger partial charge < -0.3 is 14.6 Å². The minimum absolute atomic E-state index is 0.221. The number of ether oxygens (including phenoxy) is 2. The molecule has 1 aliphatic carbocycles. The minimum atomic E-state index is -0.987. The molecule has 0 aromatic rings. The molecule has 3 atom stereocenters. The summed E-state index contributed by atoms with van der Waals surface area (Å²) in [5.41, 5.74) is 0.614. The van der Waals surface area contributed by atoms with Crippen molar-refractivity contribution in [3.05, 3.63) is 23.3 Å². The maximum atomic E-state index is 12.2. The highest BCUT2D eigenvalue weighted by Gasteiger charge is 2.58. The Morgan fingerprint density at radius 2 is 2.04 bits per heavy atom. The predicted molar refractivity (Wildman–Crippen MR) is 85.5 cm³/mol. The first kappa shape index (κ1) is 17.7. The number of esters is 2. The zero-order valence-electron chi connectivity index (χ0n) is 14.5. The molecule has 23 heavy (non-hydrogen) atoms. The molecule has 0 amide bonds. The van der Waals surface area contributed by atoms with Gasteiger partial charge in [0.2, 0.25) is 0 Å². The van der Waals surface area contributed by atoms with Crippen molar-refractivity contribution in [2.24, 2.45) is 11.3 Å². The zero-order valence-corrected chi connectivity index (χ0v) is 14.5. The molecule has 1 aliphatic heterocycles. The summed E-state index contributed by atoms with van der Waals surface area (Å²) in [5, 5.41) is 9.71. The maximum absolute atomic E-state index is 12.2. The molecule has 5 nitrogen and oxygen atoms in total. The molecule has 1 N–H and O–H groups in total. The van der Waals surface area contributed by atoms with E-state index in [4.69, 9.17) is 9.47 Å². The van der Waals surface area contributed by atoms with Gasteiger partial charge in [-0.25, -0.2) is 0 Å². The molecule has 1 heterocycles. The normalized spacial score (nSPS) is 31.3. The van der Waals surface area contributed by atoms with Gasteiger partial charge in [-0.3, -0.25) is 9.59 Å². The van der Waals surface area contributed by atoms with Crippen LogP contribution in [-0.4, -0.2) is 35.4 Å². The summed E-state index contributed by atoms with van der Waals surface area (Å²) in [4.78, 5) is 23.9. The van der Waals surface area contributed by atoms with Gasteiger partial charge in [-0.05, 0) is 32.9 Å². The van der Waals surface area contributed by atoms with Crippen LogP contribution < -0.4 is 0 Å². The topological polar surface area (TPSA) is 72.8 Å². The summed E-state index contributed by atoms with van der Waals surface area (Å²) in [7, 11) is 0. The molecule has 128 valence electrons. The Morgan fingerprint density at radius 3 is 2.61 bits per heavy atom. The number of carbonyl (C=O) groups excluding carboxylic acids is 2. The van der Waals surface area contributed by atoms with E-state index in [0.717, 1.165) is 11.1 Å². The lowest BCUT2D eigenvalue weighted by molar-refractivity contribution is -0.162. The van der Waals surface area contributed by atoms with Crippen molar-refractivity contribution in [2.75, 3.05) is 6.61 Å². The van der Waals surface area contributed by atoms with Gasteiger partial charge in [-0.15, -0.1) is 0 Å². The number of hydrogen-bond acceptors (Lipinski definition) is 5. The standard InChI is InChI=1S/C18H26O5/c1-11(2)12(3)8-15(20)22-14-6-7-18(10-19)13(17(14,4)5)9-16(21)23-18/h6-7,13-14,19H,8-10H2,1-5H3/t13-,14+,18-/m0/s1. The smallest absolute Gasteiger partial charge is 0.310 e. The van der Waals surface area contributed by atoms with Gasteiger partial charge in [-0.1, -0.05) is 25.0 Å². The van der Waals surface area contributed by atoms with Crippen LogP contribution in [0.15, 0.2) is 23.3 Å². The van der Waals surface area contributed by atoms with E-state index >= 15 is 0 Å². The zero-order chi connectivity index (χ0) is 17.4. The van der Waals surface area contributed by atoms with Crippen LogP contribution in [0.4, 0.5) is 0 Å². The lowest BCUT2D eigenvalue weighted by atomic mass is 9.63. The van der Waals surface area contributed by atoms with Gasteiger partial charge in [0.15, 0.2) is 5.60 Å².